The molecule has 1 fully saturated rings. The molecule has 8 nitrogen and oxygen atoms in total. The lowest BCUT2D eigenvalue weighted by Gasteiger charge is -2.13. The minimum atomic E-state index is -0.641. The smallest absolute Gasteiger partial charge is 0.293 e. The molecule has 0 saturated carbocycles. The van der Waals surface area contributed by atoms with Gasteiger partial charge in [0, 0.05) is 19.2 Å². The van der Waals surface area contributed by atoms with Gasteiger partial charge in [-0.05, 0) is 47.2 Å². The number of hydrogen-bond donors (Lipinski definition) is 1. The second kappa shape index (κ2) is 9.71. The third-order valence-corrected chi connectivity index (χ3v) is 5.48. The van der Waals surface area contributed by atoms with Gasteiger partial charge in [0.25, 0.3) is 16.8 Å². The number of rotatable bonds is 7. The van der Waals surface area contributed by atoms with Crippen LogP contribution in [0.2, 0.25) is 5.02 Å². The van der Waals surface area contributed by atoms with Crippen molar-refractivity contribution in [3.8, 4) is 0 Å². The molecule has 0 aliphatic carbocycles. The van der Waals surface area contributed by atoms with Crippen LogP contribution in [0, 0.1) is 15.9 Å². The van der Waals surface area contributed by atoms with Crippen LogP contribution in [0.15, 0.2) is 47.4 Å². The maximum atomic E-state index is 13.2. The molecule has 11 heteroatoms. The molecule has 0 unspecified atom stereocenters. The standard InChI is InChI=1S/C20H15ClFN3O5S/c21-15-5-4-13(9-16(15)25(29)30)10-17-19(27)24(20(28)31-17)7-6-23-18(26)11-12-2-1-3-14(22)8-12/h1-5,8-10H,6-7,11H2,(H,23,26)/b17-10-. The zero-order valence-electron chi connectivity index (χ0n) is 15.8. The number of nitrogens with zero attached hydrogens (tertiary/aromatic N) is 2. The molecule has 31 heavy (non-hydrogen) atoms. The Morgan fingerprint density at radius 1 is 1.26 bits per heavy atom. The fourth-order valence-corrected chi connectivity index (χ4v) is 3.86. The molecule has 1 aliphatic heterocycles. The van der Waals surface area contributed by atoms with E-state index in [2.05, 4.69) is 5.32 Å². The van der Waals surface area contributed by atoms with Crippen molar-refractivity contribution in [3.05, 3.63) is 79.5 Å². The highest BCUT2D eigenvalue weighted by atomic mass is 35.5. The molecule has 0 bridgehead atoms. The van der Waals surface area contributed by atoms with Crippen molar-refractivity contribution in [2.75, 3.05) is 13.1 Å². The van der Waals surface area contributed by atoms with Crippen molar-refractivity contribution in [2.45, 2.75) is 6.42 Å². The average Bonchev–Trinajstić information content (AvgIpc) is 2.96. The maximum absolute atomic E-state index is 13.2. The molecule has 160 valence electrons. The summed E-state index contributed by atoms with van der Waals surface area (Å²) in [5, 5.41) is 13.0. The van der Waals surface area contributed by atoms with E-state index in [-0.39, 0.29) is 41.0 Å². The molecule has 1 saturated heterocycles. The number of amides is 3. The number of halogens is 2. The van der Waals surface area contributed by atoms with Crippen molar-refractivity contribution in [1.82, 2.24) is 10.2 Å². The summed E-state index contributed by atoms with van der Waals surface area (Å²) in [4.78, 5) is 48.1. The van der Waals surface area contributed by atoms with Gasteiger partial charge in [0.2, 0.25) is 5.91 Å². The van der Waals surface area contributed by atoms with E-state index in [1.807, 2.05) is 0 Å². The van der Waals surface area contributed by atoms with Crippen molar-refractivity contribution < 1.29 is 23.7 Å². The van der Waals surface area contributed by atoms with Crippen LogP contribution >= 0.6 is 23.4 Å². The number of nitro groups is 1. The molecule has 1 N–H and O–H groups in total. The number of hydrogen-bond acceptors (Lipinski definition) is 6. The normalized spacial score (nSPS) is 14.9. The molecule has 3 amide bonds. The molecule has 1 aliphatic rings. The number of carbonyl (C=O) groups excluding carboxylic acids is 3. The third kappa shape index (κ3) is 5.68. The summed E-state index contributed by atoms with van der Waals surface area (Å²) in [6.07, 6.45) is 1.34. The van der Waals surface area contributed by atoms with Crippen LogP contribution in [0.4, 0.5) is 14.9 Å². The third-order valence-electron chi connectivity index (χ3n) is 4.25. The Hall–Kier alpha value is -3.24. The summed E-state index contributed by atoms with van der Waals surface area (Å²) in [7, 11) is 0. The Morgan fingerprint density at radius 2 is 2.03 bits per heavy atom. The van der Waals surface area contributed by atoms with Crippen LogP contribution in [-0.4, -0.2) is 40.0 Å². The van der Waals surface area contributed by atoms with Gasteiger partial charge in [-0.15, -0.1) is 0 Å². The molecule has 1 heterocycles. The SMILES string of the molecule is O=C(Cc1cccc(F)c1)NCCN1C(=O)S/C(=C\c2ccc(Cl)c([N+](=O)[O-])c2)C1=O. The summed E-state index contributed by atoms with van der Waals surface area (Å²) in [5.74, 6) is -1.38. The maximum Gasteiger partial charge on any atom is 0.293 e. The number of benzene rings is 2. The van der Waals surface area contributed by atoms with Crippen LogP contribution in [0.25, 0.3) is 6.08 Å². The van der Waals surface area contributed by atoms with Gasteiger partial charge >= 0.3 is 0 Å². The van der Waals surface area contributed by atoms with Crippen LogP contribution in [-0.2, 0) is 16.0 Å². The summed E-state index contributed by atoms with van der Waals surface area (Å²) in [5.41, 5.74) is 0.546. The Labute approximate surface area is 185 Å². The van der Waals surface area contributed by atoms with E-state index in [9.17, 15) is 28.9 Å². The number of nitro benzene ring substituents is 1. The second-order valence-corrected chi connectivity index (χ2v) is 7.86. The second-order valence-electron chi connectivity index (χ2n) is 6.46. The fraction of sp³-hybridized carbons (Fsp3) is 0.150. The van der Waals surface area contributed by atoms with Crippen molar-refractivity contribution in [3.63, 3.8) is 0 Å². The fourth-order valence-electron chi connectivity index (χ4n) is 2.81. The monoisotopic (exact) mass is 463 g/mol. The van der Waals surface area contributed by atoms with E-state index < -0.39 is 21.9 Å². The van der Waals surface area contributed by atoms with Gasteiger partial charge in [0.1, 0.15) is 10.8 Å². The Bertz CT molecular complexity index is 1110. The first-order chi connectivity index (χ1) is 14.7. The molecule has 3 rings (SSSR count). The zero-order valence-corrected chi connectivity index (χ0v) is 17.4. The van der Waals surface area contributed by atoms with Gasteiger partial charge in [-0.3, -0.25) is 29.4 Å². The van der Waals surface area contributed by atoms with E-state index in [1.54, 1.807) is 6.07 Å². The van der Waals surface area contributed by atoms with E-state index >= 15 is 0 Å². The van der Waals surface area contributed by atoms with Gasteiger partial charge in [-0.2, -0.15) is 0 Å². The molecule has 0 aromatic heterocycles. The van der Waals surface area contributed by atoms with Gasteiger partial charge in [-0.1, -0.05) is 29.8 Å². The molecule has 0 spiro atoms. The highest BCUT2D eigenvalue weighted by molar-refractivity contribution is 8.18. The van der Waals surface area contributed by atoms with Gasteiger partial charge in [-0.25, -0.2) is 4.39 Å². The number of nitrogens with one attached hydrogen (secondary N) is 1. The lowest BCUT2D eigenvalue weighted by Crippen LogP contribution is -2.37. The van der Waals surface area contributed by atoms with Crippen molar-refractivity contribution in [2.24, 2.45) is 0 Å². The quantitative estimate of drug-likeness (QED) is 0.380. The minimum Gasteiger partial charge on any atom is -0.354 e. The first-order valence-electron chi connectivity index (χ1n) is 8.95. The highest BCUT2D eigenvalue weighted by Crippen LogP contribution is 2.33. The first-order valence-corrected chi connectivity index (χ1v) is 10.1. The Morgan fingerprint density at radius 3 is 2.74 bits per heavy atom. The minimum absolute atomic E-state index is 0.0328. The Balaban J connectivity index is 1.59. The lowest BCUT2D eigenvalue weighted by atomic mass is 10.1. The van der Waals surface area contributed by atoms with Crippen molar-refractivity contribution >= 4 is 52.2 Å². The van der Waals surface area contributed by atoms with Crippen LogP contribution in [0.3, 0.4) is 0 Å². The largest absolute Gasteiger partial charge is 0.354 e. The zero-order chi connectivity index (χ0) is 22.5. The molecule has 2 aromatic carbocycles. The molecular formula is C20H15ClFN3O5S. The summed E-state index contributed by atoms with van der Waals surface area (Å²) in [6, 6.07) is 9.69. The number of imide groups is 1. The Kier molecular flexibility index (Phi) is 7.03. The average molecular weight is 464 g/mol. The topological polar surface area (TPSA) is 110 Å². The molecule has 2 aromatic rings. The van der Waals surface area contributed by atoms with E-state index in [0.29, 0.717) is 22.9 Å². The predicted octanol–water partition coefficient (Wildman–Crippen LogP) is 3.78. The summed E-state index contributed by atoms with van der Waals surface area (Å²) in [6.45, 7) is -0.0104. The number of carbonyl (C=O) groups is 3. The molecular weight excluding hydrogens is 449 g/mol. The lowest BCUT2D eigenvalue weighted by molar-refractivity contribution is -0.384. The van der Waals surface area contributed by atoms with E-state index in [0.717, 1.165) is 4.90 Å². The van der Waals surface area contributed by atoms with E-state index in [4.69, 9.17) is 11.6 Å². The highest BCUT2D eigenvalue weighted by Gasteiger charge is 2.34. The van der Waals surface area contributed by atoms with Crippen molar-refractivity contribution in [1.29, 1.82) is 0 Å². The van der Waals surface area contributed by atoms with Crippen LogP contribution in [0.1, 0.15) is 11.1 Å². The van der Waals surface area contributed by atoms with Gasteiger partial charge < -0.3 is 5.32 Å². The predicted molar refractivity (Wildman–Crippen MR) is 114 cm³/mol. The number of thioether (sulfide) groups is 1. The van der Waals surface area contributed by atoms with Gasteiger partial charge in [0.05, 0.1) is 16.2 Å². The first kappa shape index (κ1) is 22.4. The molecule has 0 atom stereocenters. The van der Waals surface area contributed by atoms with Gasteiger partial charge in [0.15, 0.2) is 0 Å². The van der Waals surface area contributed by atoms with Crippen LogP contribution < -0.4 is 5.32 Å². The summed E-state index contributed by atoms with van der Waals surface area (Å²) < 4.78 is 13.2. The van der Waals surface area contributed by atoms with E-state index in [1.165, 1.54) is 42.5 Å². The summed E-state index contributed by atoms with van der Waals surface area (Å²) >= 11 is 6.47. The van der Waals surface area contributed by atoms with Crippen LogP contribution in [0.5, 0.6) is 0 Å². The molecule has 0 radical (unpaired) electrons.